The molecule has 1 unspecified atom stereocenters. The molecule has 0 radical (unpaired) electrons. The molecule has 0 aromatic heterocycles. The van der Waals surface area contributed by atoms with E-state index in [1.165, 1.54) is 36.0 Å². The molecule has 0 aliphatic heterocycles. The first-order chi connectivity index (χ1) is 8.86. The van der Waals surface area contributed by atoms with E-state index >= 15 is 0 Å². The van der Waals surface area contributed by atoms with Crippen LogP contribution in [0, 0.1) is 25.2 Å². The lowest BCUT2D eigenvalue weighted by Crippen LogP contribution is -2.34. The fourth-order valence-electron chi connectivity index (χ4n) is 2.57. The Labute approximate surface area is 118 Å². The molecule has 1 aromatic carbocycles. The Balaban J connectivity index is 2.07. The third-order valence-electron chi connectivity index (χ3n) is 4.43. The minimum atomic E-state index is 0.359. The number of hydrogen-bond acceptors (Lipinski definition) is 1. The lowest BCUT2D eigenvalue weighted by atomic mass is 9.76. The molecule has 1 aliphatic carbocycles. The largest absolute Gasteiger partial charge is 0.314 e. The molecule has 1 N–H and O–H groups in total. The summed E-state index contributed by atoms with van der Waals surface area (Å²) in [5.41, 5.74) is 4.70. The van der Waals surface area contributed by atoms with Crippen molar-refractivity contribution in [2.24, 2.45) is 11.3 Å². The topological polar surface area (TPSA) is 12.0 Å². The predicted molar refractivity (Wildman–Crippen MR) is 83.6 cm³/mol. The van der Waals surface area contributed by atoms with Crippen molar-refractivity contribution in [3.05, 3.63) is 34.9 Å². The lowest BCUT2D eigenvalue weighted by molar-refractivity contribution is 0.230. The van der Waals surface area contributed by atoms with Crippen molar-refractivity contribution >= 4 is 0 Å². The molecule has 0 spiro atoms. The summed E-state index contributed by atoms with van der Waals surface area (Å²) in [5.74, 6) is 0.702. The van der Waals surface area contributed by atoms with Crippen molar-refractivity contribution < 1.29 is 0 Å². The van der Waals surface area contributed by atoms with Crippen LogP contribution in [0.2, 0.25) is 0 Å². The normalized spacial score (nSPS) is 17.5. The van der Waals surface area contributed by atoms with Gasteiger partial charge in [-0.05, 0) is 62.1 Å². The highest BCUT2D eigenvalue weighted by molar-refractivity contribution is 5.31. The fraction of sp³-hybridized carbons (Fsp3) is 0.667. The summed E-state index contributed by atoms with van der Waals surface area (Å²) in [6.45, 7) is 12.7. The van der Waals surface area contributed by atoms with Gasteiger partial charge in [0.05, 0.1) is 0 Å². The second-order valence-corrected chi connectivity index (χ2v) is 7.38. The van der Waals surface area contributed by atoms with Crippen LogP contribution in [0.1, 0.15) is 50.3 Å². The van der Waals surface area contributed by atoms with Gasteiger partial charge in [-0.25, -0.2) is 0 Å². The van der Waals surface area contributed by atoms with Crippen molar-refractivity contribution in [3.8, 4) is 0 Å². The fourth-order valence-corrected chi connectivity index (χ4v) is 2.57. The van der Waals surface area contributed by atoms with Crippen molar-refractivity contribution in [2.75, 3.05) is 6.54 Å². The average Bonchev–Trinajstić information content (AvgIpc) is 3.11. The van der Waals surface area contributed by atoms with E-state index in [1.807, 2.05) is 0 Å². The van der Waals surface area contributed by atoms with E-state index in [2.05, 4.69) is 58.1 Å². The summed E-state index contributed by atoms with van der Waals surface area (Å²) in [6.07, 6.45) is 3.94. The third-order valence-corrected chi connectivity index (χ3v) is 4.43. The van der Waals surface area contributed by atoms with Crippen LogP contribution in [0.4, 0.5) is 0 Å². The minimum Gasteiger partial charge on any atom is -0.314 e. The molecular weight excluding hydrogens is 230 g/mol. The Morgan fingerprint density at radius 2 is 1.89 bits per heavy atom. The first-order valence-corrected chi connectivity index (χ1v) is 7.66. The summed E-state index contributed by atoms with van der Waals surface area (Å²) in [5, 5.41) is 3.72. The first kappa shape index (κ1) is 14.6. The van der Waals surface area contributed by atoms with Gasteiger partial charge in [-0.2, -0.15) is 0 Å². The van der Waals surface area contributed by atoms with Gasteiger partial charge in [0, 0.05) is 6.04 Å². The third kappa shape index (κ3) is 4.35. The molecule has 0 saturated heterocycles. The van der Waals surface area contributed by atoms with Gasteiger partial charge in [-0.15, -0.1) is 0 Å². The second kappa shape index (κ2) is 5.66. The van der Waals surface area contributed by atoms with Crippen LogP contribution in [-0.4, -0.2) is 12.6 Å². The molecule has 1 aliphatic rings. The Hall–Kier alpha value is -0.820. The van der Waals surface area contributed by atoms with Gasteiger partial charge >= 0.3 is 0 Å². The molecule has 0 heterocycles. The summed E-state index contributed by atoms with van der Waals surface area (Å²) in [6, 6.07) is 7.65. The zero-order chi connectivity index (χ0) is 14.0. The highest BCUT2D eigenvalue weighted by Gasteiger charge is 2.28. The molecule has 1 nitrogen and oxygen atoms in total. The molecular formula is C18H29N. The molecule has 0 amide bonds. The van der Waals surface area contributed by atoms with Gasteiger partial charge in [0.25, 0.3) is 0 Å². The van der Waals surface area contributed by atoms with E-state index in [0.717, 1.165) is 12.6 Å². The number of nitrogens with one attached hydrogen (secondary N) is 1. The molecule has 2 rings (SSSR count). The van der Waals surface area contributed by atoms with Crippen molar-refractivity contribution in [3.63, 3.8) is 0 Å². The molecule has 1 saturated carbocycles. The van der Waals surface area contributed by atoms with Gasteiger partial charge in [0.2, 0.25) is 0 Å². The highest BCUT2D eigenvalue weighted by atomic mass is 14.9. The van der Waals surface area contributed by atoms with Gasteiger partial charge in [-0.1, -0.05) is 44.5 Å². The molecule has 1 aromatic rings. The summed E-state index contributed by atoms with van der Waals surface area (Å²) >= 11 is 0. The van der Waals surface area contributed by atoms with Crippen LogP contribution >= 0.6 is 0 Å². The molecule has 1 atom stereocenters. The molecule has 1 fully saturated rings. The van der Waals surface area contributed by atoms with E-state index < -0.39 is 0 Å². The number of aryl methyl sites for hydroxylation is 2. The van der Waals surface area contributed by atoms with Gasteiger partial charge in [0.1, 0.15) is 0 Å². The quantitative estimate of drug-likeness (QED) is 0.833. The standard InChI is InChI=1S/C18H29N/c1-13-6-7-14(2)15(10-13)11-16(18(3,4)5)12-19-17-8-9-17/h6-7,10,16-17,19H,8-9,11-12H2,1-5H3. The van der Waals surface area contributed by atoms with E-state index in [9.17, 15) is 0 Å². The van der Waals surface area contributed by atoms with Gasteiger partial charge in [-0.3, -0.25) is 0 Å². The number of hydrogen-bond donors (Lipinski definition) is 1. The predicted octanol–water partition coefficient (Wildman–Crippen LogP) is 4.26. The smallest absolute Gasteiger partial charge is 0.00683 e. The van der Waals surface area contributed by atoms with Crippen LogP contribution in [0.15, 0.2) is 18.2 Å². The van der Waals surface area contributed by atoms with E-state index in [4.69, 9.17) is 0 Å². The Bertz CT molecular complexity index is 424. The maximum Gasteiger partial charge on any atom is 0.00683 e. The number of benzene rings is 1. The number of rotatable bonds is 5. The van der Waals surface area contributed by atoms with Crippen LogP contribution in [0.3, 0.4) is 0 Å². The van der Waals surface area contributed by atoms with Crippen LogP contribution in [0.25, 0.3) is 0 Å². The average molecular weight is 259 g/mol. The Kier molecular flexibility index (Phi) is 4.35. The summed E-state index contributed by atoms with van der Waals surface area (Å²) in [7, 11) is 0. The lowest BCUT2D eigenvalue weighted by Gasteiger charge is -2.32. The highest BCUT2D eigenvalue weighted by Crippen LogP contribution is 2.31. The van der Waals surface area contributed by atoms with E-state index in [-0.39, 0.29) is 0 Å². The summed E-state index contributed by atoms with van der Waals surface area (Å²) in [4.78, 5) is 0. The minimum absolute atomic E-state index is 0.359. The molecule has 0 bridgehead atoms. The van der Waals surface area contributed by atoms with E-state index in [1.54, 1.807) is 0 Å². The zero-order valence-corrected chi connectivity index (χ0v) is 13.2. The first-order valence-electron chi connectivity index (χ1n) is 7.66. The maximum atomic E-state index is 3.72. The Morgan fingerprint density at radius 1 is 1.21 bits per heavy atom. The second-order valence-electron chi connectivity index (χ2n) is 7.38. The summed E-state index contributed by atoms with van der Waals surface area (Å²) < 4.78 is 0. The van der Waals surface area contributed by atoms with Crippen LogP contribution in [-0.2, 0) is 6.42 Å². The SMILES string of the molecule is Cc1ccc(C)c(CC(CNC2CC2)C(C)(C)C)c1. The van der Waals surface area contributed by atoms with Crippen molar-refractivity contribution in [2.45, 2.75) is 59.9 Å². The Morgan fingerprint density at radius 3 is 2.47 bits per heavy atom. The van der Waals surface area contributed by atoms with Gasteiger partial charge in [0.15, 0.2) is 0 Å². The van der Waals surface area contributed by atoms with E-state index in [0.29, 0.717) is 11.3 Å². The molecule has 106 valence electrons. The molecule has 1 heteroatoms. The zero-order valence-electron chi connectivity index (χ0n) is 13.2. The van der Waals surface area contributed by atoms with Crippen molar-refractivity contribution in [1.82, 2.24) is 5.32 Å². The van der Waals surface area contributed by atoms with Crippen LogP contribution < -0.4 is 5.32 Å². The maximum absolute atomic E-state index is 3.72. The molecule has 19 heavy (non-hydrogen) atoms. The van der Waals surface area contributed by atoms with Gasteiger partial charge < -0.3 is 5.32 Å². The van der Waals surface area contributed by atoms with Crippen molar-refractivity contribution in [1.29, 1.82) is 0 Å². The monoisotopic (exact) mass is 259 g/mol. The van der Waals surface area contributed by atoms with Crippen LogP contribution in [0.5, 0.6) is 0 Å².